The van der Waals surface area contributed by atoms with Gasteiger partial charge in [-0.25, -0.2) is 44.0 Å². The number of H-pyrrole nitrogens is 1. The highest BCUT2D eigenvalue weighted by Crippen LogP contribution is 2.48. The van der Waals surface area contributed by atoms with Crippen LogP contribution in [0.3, 0.4) is 0 Å². The van der Waals surface area contributed by atoms with Gasteiger partial charge in [-0.2, -0.15) is 4.98 Å². The van der Waals surface area contributed by atoms with Crippen LogP contribution >= 0.6 is 15.6 Å². The zero-order chi connectivity index (χ0) is 45.6. The van der Waals surface area contributed by atoms with Crippen LogP contribution in [0.15, 0.2) is 36.4 Å². The van der Waals surface area contributed by atoms with Crippen molar-refractivity contribution < 1.29 is 77.1 Å². The first-order chi connectivity index (χ1) is 30.3. The van der Waals surface area contributed by atoms with Gasteiger partial charge in [0.1, 0.15) is 72.5 Å². The Morgan fingerprint density at radius 2 is 1.19 bits per heavy atom. The lowest BCUT2D eigenvalue weighted by molar-refractivity contribution is -0.150. The van der Waals surface area contributed by atoms with Crippen LogP contribution < -0.4 is 22.8 Å². The predicted molar refractivity (Wildman–Crippen MR) is 206 cm³/mol. The average molecular weight is 942 g/mol. The quantitative estimate of drug-likeness (QED) is 0.0485. The van der Waals surface area contributed by atoms with E-state index in [0.29, 0.717) is 0 Å². The fourth-order valence-corrected chi connectivity index (χ4v) is 9.11. The Morgan fingerprint density at radius 1 is 0.656 bits per heavy atom. The molecule has 9 rings (SSSR count). The molecule has 3 fully saturated rings. The molecule has 15 N–H and O–H groups in total. The number of hydrogen-bond donors (Lipinski definition) is 12. The Bertz CT molecular complexity index is 2870. The van der Waals surface area contributed by atoms with Crippen LogP contribution in [0.4, 0.5) is 17.6 Å². The van der Waals surface area contributed by atoms with Gasteiger partial charge in [0.2, 0.25) is 5.95 Å². The number of aliphatic hydroxyl groups is 4. The average Bonchev–Trinajstić information content (AvgIpc) is 4.08. The zero-order valence-electron chi connectivity index (χ0n) is 32.1. The minimum absolute atomic E-state index is 0.00474. The standard InChI is InChI=1S/C30H37N15O17P2/c31-21-11-23(36-3-34-21)43(5-38-11)27-15(47)14(46)8(58-27)1-9(18-16(48)20(62-64(54,55)56)29(60-18)45-7-40-13-25(45)41-30(33)42-26(13)50)57-2-10-19(61-63(51,52)53)17(49)28(59-10)44-6-39-12-22(32)35-4-37-24(12)44/h3-10,14-20,27-29,46-49H,1-2H2,(H2,31,34,36)(H2,32,35,37)(H2,51,52,53)(H2,54,55,56)(H3,33,41,42,50)/t8-,9?,10-,14-,15-,16-,17-,18-,19-,20-,27-,28-,29-/m1/s1. The summed E-state index contributed by atoms with van der Waals surface area (Å²) in [6.07, 6.45) is -17.1. The topological polar surface area (TPSA) is 480 Å². The number of ether oxygens (including phenoxy) is 4. The van der Waals surface area contributed by atoms with Gasteiger partial charge in [-0.15, -0.1) is 0 Å². The number of hydrogen-bond acceptors (Lipinski definition) is 24. The molecule has 3 aliphatic rings. The molecule has 3 saturated heterocycles. The van der Waals surface area contributed by atoms with Gasteiger partial charge >= 0.3 is 15.6 Å². The van der Waals surface area contributed by atoms with Gasteiger partial charge in [0.25, 0.3) is 5.56 Å². The number of nitrogens with zero attached hydrogens (tertiary/aromatic N) is 11. The summed E-state index contributed by atoms with van der Waals surface area (Å²) >= 11 is 0. The number of imidazole rings is 3. The third kappa shape index (κ3) is 7.97. The molecule has 3 aliphatic heterocycles. The number of aliphatic hydroxyl groups excluding tert-OH is 4. The van der Waals surface area contributed by atoms with E-state index in [1.165, 1.54) is 21.8 Å². The van der Waals surface area contributed by atoms with Crippen LogP contribution in [-0.4, -0.2) is 166 Å². The van der Waals surface area contributed by atoms with E-state index >= 15 is 0 Å². The highest BCUT2D eigenvalue weighted by molar-refractivity contribution is 7.46. The SMILES string of the molecule is Nc1nc2c(ncn2[C@@H]2O[C@H](C(C[C@H]3O[C@@H](n4cnc5c(N)ncnc54)[C@H](O)[C@@H]3O)OC[C@H]3O[C@@H](n4cnc5c(N)ncnc54)[C@H](O)[C@@H]3OP(=O)(O)O)[C@@H](O)[C@H]2OP(=O)(O)O)c(=O)[nH]1. The molecule has 0 aromatic carbocycles. The molecule has 0 aliphatic carbocycles. The van der Waals surface area contributed by atoms with Crippen LogP contribution in [0.2, 0.25) is 0 Å². The van der Waals surface area contributed by atoms with E-state index in [-0.39, 0.29) is 51.1 Å². The van der Waals surface area contributed by atoms with Crippen LogP contribution in [-0.2, 0) is 37.1 Å². The van der Waals surface area contributed by atoms with Gasteiger partial charge in [0.15, 0.2) is 52.8 Å². The minimum Gasteiger partial charge on any atom is -0.388 e. The fraction of sp³-hybridized carbons (Fsp3) is 0.500. The Morgan fingerprint density at radius 3 is 1.78 bits per heavy atom. The molecular formula is C30H37N15O17P2. The number of rotatable bonds is 13. The second-order valence-corrected chi connectivity index (χ2v) is 17.1. The summed E-state index contributed by atoms with van der Waals surface area (Å²) in [5, 5.41) is 46.0. The first kappa shape index (κ1) is 44.0. The monoisotopic (exact) mass is 941 g/mol. The van der Waals surface area contributed by atoms with E-state index in [1.54, 1.807) is 0 Å². The maximum absolute atomic E-state index is 12.7. The predicted octanol–water partition coefficient (Wildman–Crippen LogP) is -4.59. The number of nitrogens with one attached hydrogen (secondary N) is 1. The summed E-state index contributed by atoms with van der Waals surface area (Å²) in [7, 11) is -10.9. The van der Waals surface area contributed by atoms with Crippen molar-refractivity contribution >= 4 is 66.7 Å². The molecule has 34 heteroatoms. The van der Waals surface area contributed by atoms with Crippen LogP contribution in [0.5, 0.6) is 0 Å². The smallest absolute Gasteiger partial charge is 0.388 e. The number of nitrogens with two attached hydrogens (primary N) is 3. The molecule has 0 radical (unpaired) electrons. The normalized spacial score (nSPS) is 30.6. The first-order valence-corrected chi connectivity index (χ1v) is 21.7. The molecule has 0 saturated carbocycles. The van der Waals surface area contributed by atoms with E-state index < -0.39 is 114 Å². The van der Waals surface area contributed by atoms with Crippen molar-refractivity contribution in [2.45, 2.75) is 86.1 Å². The van der Waals surface area contributed by atoms with Crippen molar-refractivity contribution in [3.8, 4) is 0 Å². The highest BCUT2D eigenvalue weighted by Gasteiger charge is 2.55. The molecule has 1 unspecified atom stereocenters. The molecule has 344 valence electrons. The second-order valence-electron chi connectivity index (χ2n) is 14.8. The van der Waals surface area contributed by atoms with E-state index in [1.807, 2.05) is 0 Å². The molecule has 9 heterocycles. The van der Waals surface area contributed by atoms with Crippen LogP contribution in [0.25, 0.3) is 33.5 Å². The molecule has 0 spiro atoms. The van der Waals surface area contributed by atoms with Crippen molar-refractivity contribution in [3.63, 3.8) is 0 Å². The van der Waals surface area contributed by atoms with Gasteiger partial charge in [0.05, 0.1) is 37.8 Å². The van der Waals surface area contributed by atoms with Crippen molar-refractivity contribution in [3.05, 3.63) is 42.0 Å². The number of aromatic amines is 1. The second kappa shape index (κ2) is 16.3. The molecular weight excluding hydrogens is 904 g/mol. The lowest BCUT2D eigenvalue weighted by atomic mass is 9.97. The minimum atomic E-state index is -5.47. The number of aromatic nitrogens is 12. The van der Waals surface area contributed by atoms with Gasteiger partial charge < -0.3 is 76.1 Å². The number of fused-ring (bicyclic) bond motifs is 3. The van der Waals surface area contributed by atoms with Crippen molar-refractivity contribution in [1.82, 2.24) is 58.6 Å². The van der Waals surface area contributed by atoms with E-state index in [4.69, 9.17) is 45.2 Å². The number of nitrogen functional groups attached to an aromatic ring is 3. The third-order valence-electron chi connectivity index (χ3n) is 10.8. The lowest BCUT2D eigenvalue weighted by Crippen LogP contribution is -2.45. The molecule has 0 amide bonds. The van der Waals surface area contributed by atoms with Crippen LogP contribution in [0, 0.1) is 0 Å². The fourth-order valence-electron chi connectivity index (χ4n) is 7.99. The van der Waals surface area contributed by atoms with Crippen molar-refractivity contribution in [1.29, 1.82) is 0 Å². The van der Waals surface area contributed by atoms with Gasteiger partial charge in [0, 0.05) is 6.42 Å². The largest absolute Gasteiger partial charge is 0.470 e. The van der Waals surface area contributed by atoms with Crippen LogP contribution in [0.1, 0.15) is 25.1 Å². The number of phosphoric ester groups is 2. The van der Waals surface area contributed by atoms with Gasteiger partial charge in [-0.1, -0.05) is 0 Å². The Labute approximate surface area is 354 Å². The first-order valence-electron chi connectivity index (χ1n) is 18.6. The van der Waals surface area contributed by atoms with E-state index in [0.717, 1.165) is 23.5 Å². The molecule has 6 aromatic heterocycles. The Kier molecular flexibility index (Phi) is 11.2. The van der Waals surface area contributed by atoms with E-state index in [2.05, 4.69) is 44.9 Å². The van der Waals surface area contributed by atoms with Crippen molar-refractivity contribution in [2.75, 3.05) is 23.8 Å². The van der Waals surface area contributed by atoms with E-state index in [9.17, 15) is 53.9 Å². The van der Waals surface area contributed by atoms with Gasteiger partial charge in [-0.3, -0.25) is 32.5 Å². The zero-order valence-corrected chi connectivity index (χ0v) is 33.9. The Hall–Kier alpha value is -5.25. The summed E-state index contributed by atoms with van der Waals surface area (Å²) in [6, 6.07) is 0. The summed E-state index contributed by atoms with van der Waals surface area (Å²) in [5.74, 6) is -0.411. The summed E-state index contributed by atoms with van der Waals surface area (Å²) < 4.78 is 62.7. The third-order valence-corrected chi connectivity index (χ3v) is 11.8. The molecule has 13 atom stereocenters. The molecule has 32 nitrogen and oxygen atoms in total. The Balaban J connectivity index is 1.07. The van der Waals surface area contributed by atoms with Gasteiger partial charge in [-0.05, 0) is 0 Å². The van der Waals surface area contributed by atoms with Crippen molar-refractivity contribution in [2.24, 2.45) is 0 Å². The lowest BCUT2D eigenvalue weighted by Gasteiger charge is -2.30. The number of anilines is 3. The summed E-state index contributed by atoms with van der Waals surface area (Å²) in [5.41, 5.74) is 16.7. The maximum Gasteiger partial charge on any atom is 0.470 e. The molecule has 64 heavy (non-hydrogen) atoms. The maximum atomic E-state index is 12.7. The molecule has 0 bridgehead atoms. The molecule has 6 aromatic rings. The highest BCUT2D eigenvalue weighted by atomic mass is 31.2. The summed E-state index contributed by atoms with van der Waals surface area (Å²) in [4.78, 5) is 86.9. The number of phosphoric acid groups is 2. The summed E-state index contributed by atoms with van der Waals surface area (Å²) in [6.45, 7) is -0.771.